The topological polar surface area (TPSA) is 108 Å². The highest BCUT2D eigenvalue weighted by Crippen LogP contribution is 2.25. The molecule has 256 valence electrons. The largest absolute Gasteiger partial charge is 0.494 e. The second-order valence-corrected chi connectivity index (χ2v) is 10.8. The van der Waals surface area contributed by atoms with Crippen LogP contribution < -0.4 is 19.1 Å². The van der Waals surface area contributed by atoms with Crippen molar-refractivity contribution in [1.29, 1.82) is 0 Å². The average molecular weight is 661 g/mol. The van der Waals surface area contributed by atoms with Crippen molar-refractivity contribution in [2.24, 2.45) is 0 Å². The monoisotopic (exact) mass is 660 g/mol. The Morgan fingerprint density at radius 3 is 1.92 bits per heavy atom. The number of hydrogen-bond donors (Lipinski definition) is 0. The molecule has 0 aliphatic carbocycles. The lowest BCUT2D eigenvalue weighted by Crippen LogP contribution is -2.09. The summed E-state index contributed by atoms with van der Waals surface area (Å²) in [6.45, 7) is 7.52. The van der Waals surface area contributed by atoms with Gasteiger partial charge in [-0.15, -0.1) is 0 Å². The van der Waals surface area contributed by atoms with Crippen LogP contribution in [0.25, 0.3) is 0 Å². The van der Waals surface area contributed by atoms with Crippen LogP contribution >= 0.6 is 0 Å². The van der Waals surface area contributed by atoms with Gasteiger partial charge in [0.2, 0.25) is 0 Å². The van der Waals surface area contributed by atoms with Gasteiger partial charge >= 0.3 is 11.9 Å². The SMILES string of the molecule is C#COOCCCCCCOc1ccc(COOc2ccc(OC(=O)c3ccc(OCCCCCCOC(=O)C=C)cc3)cc2C)cc1. The molecule has 0 saturated heterocycles. The predicted octanol–water partition coefficient (Wildman–Crippen LogP) is 7.87. The van der Waals surface area contributed by atoms with E-state index < -0.39 is 11.9 Å². The van der Waals surface area contributed by atoms with Crippen molar-refractivity contribution in [3.05, 3.63) is 96.1 Å². The molecule has 0 atom stereocenters. The lowest BCUT2D eigenvalue weighted by atomic mass is 10.2. The first kappa shape index (κ1) is 37.5. The molecule has 0 fully saturated rings. The molecule has 10 nitrogen and oxygen atoms in total. The van der Waals surface area contributed by atoms with Crippen molar-refractivity contribution in [3.63, 3.8) is 0 Å². The Hall–Kier alpha value is -4.98. The fraction of sp³-hybridized carbons (Fsp3) is 0.368. The fourth-order valence-corrected chi connectivity index (χ4v) is 4.34. The molecule has 0 spiro atoms. The molecule has 3 rings (SSSR count). The van der Waals surface area contributed by atoms with Crippen molar-refractivity contribution >= 4 is 11.9 Å². The standard InChI is InChI=1S/C38H44O10/c1-4-37(39)43-26-12-7-6-10-25-42-34-20-16-32(17-21-34)38(40)47-35-22-23-36(30(3)28-35)48-46-29-31-14-18-33(19-15-31)41-24-11-8-9-13-27-45-44-5-2/h2,4,14-23,28H,1,6-13,24-27,29H2,3H3. The zero-order valence-corrected chi connectivity index (χ0v) is 27.5. The molecule has 0 saturated carbocycles. The lowest BCUT2D eigenvalue weighted by molar-refractivity contribution is -0.236. The van der Waals surface area contributed by atoms with Crippen LogP contribution in [0.3, 0.4) is 0 Å². The number of aryl methyl sites for hydroxylation is 1. The zero-order chi connectivity index (χ0) is 34.2. The van der Waals surface area contributed by atoms with E-state index in [1.165, 1.54) is 0 Å². The molecule has 0 aliphatic rings. The number of carbonyl (C=O) groups excluding carboxylic acids is 2. The van der Waals surface area contributed by atoms with Gasteiger partial charge in [-0.3, -0.25) is 4.89 Å². The van der Waals surface area contributed by atoms with Gasteiger partial charge in [-0.25, -0.2) is 9.59 Å². The van der Waals surface area contributed by atoms with E-state index in [9.17, 15) is 9.59 Å². The molecule has 10 heteroatoms. The summed E-state index contributed by atoms with van der Waals surface area (Å²) in [4.78, 5) is 43.8. The van der Waals surface area contributed by atoms with E-state index in [0.717, 1.165) is 74.3 Å². The number of esters is 2. The van der Waals surface area contributed by atoms with Gasteiger partial charge in [-0.1, -0.05) is 31.6 Å². The first-order chi connectivity index (χ1) is 23.5. The quantitative estimate of drug-likeness (QED) is 0.0179. The van der Waals surface area contributed by atoms with Crippen molar-refractivity contribution in [3.8, 4) is 35.5 Å². The Kier molecular flexibility index (Phi) is 17.6. The summed E-state index contributed by atoms with van der Waals surface area (Å²) in [6.07, 6.45) is 15.5. The van der Waals surface area contributed by atoms with Crippen LogP contribution in [0.2, 0.25) is 0 Å². The van der Waals surface area contributed by atoms with Crippen LogP contribution in [0.4, 0.5) is 0 Å². The lowest BCUT2D eigenvalue weighted by Gasteiger charge is -2.11. The van der Waals surface area contributed by atoms with Crippen LogP contribution in [-0.4, -0.2) is 38.4 Å². The third-order valence-electron chi connectivity index (χ3n) is 6.96. The van der Waals surface area contributed by atoms with Crippen LogP contribution in [-0.2, 0) is 30.8 Å². The summed E-state index contributed by atoms with van der Waals surface area (Å²) in [5.41, 5.74) is 2.08. The van der Waals surface area contributed by atoms with Gasteiger partial charge < -0.3 is 23.8 Å². The molecule has 0 unspecified atom stereocenters. The molecule has 0 N–H and O–H groups in total. The summed E-state index contributed by atoms with van der Waals surface area (Å²) < 4.78 is 22.1. The van der Waals surface area contributed by atoms with Crippen LogP contribution in [0.15, 0.2) is 79.4 Å². The number of rotatable bonds is 24. The van der Waals surface area contributed by atoms with Crippen LogP contribution in [0.5, 0.6) is 23.0 Å². The van der Waals surface area contributed by atoms with Crippen molar-refractivity contribution in [2.45, 2.75) is 64.9 Å². The van der Waals surface area contributed by atoms with Gasteiger partial charge in [-0.05, 0) is 118 Å². The number of benzene rings is 3. The summed E-state index contributed by atoms with van der Waals surface area (Å²) in [5, 5.41) is 0. The van der Waals surface area contributed by atoms with E-state index in [0.29, 0.717) is 49.2 Å². The normalized spacial score (nSPS) is 10.4. The Morgan fingerprint density at radius 1 is 0.729 bits per heavy atom. The highest BCUT2D eigenvalue weighted by Gasteiger charge is 2.11. The second kappa shape index (κ2) is 22.5. The third kappa shape index (κ3) is 15.1. The van der Waals surface area contributed by atoms with E-state index in [1.54, 1.807) is 42.5 Å². The number of hydrogen-bond acceptors (Lipinski definition) is 10. The third-order valence-corrected chi connectivity index (χ3v) is 6.96. The second-order valence-electron chi connectivity index (χ2n) is 10.8. The summed E-state index contributed by atoms with van der Waals surface area (Å²) in [7, 11) is 0. The van der Waals surface area contributed by atoms with Gasteiger partial charge in [0.05, 0.1) is 32.0 Å². The summed E-state index contributed by atoms with van der Waals surface area (Å²) in [6, 6.07) is 19.5. The molecule has 0 aliphatic heterocycles. The molecule has 3 aromatic rings. The van der Waals surface area contributed by atoms with E-state index in [4.69, 9.17) is 40.0 Å². The maximum Gasteiger partial charge on any atom is 0.343 e. The van der Waals surface area contributed by atoms with Crippen molar-refractivity contribution in [2.75, 3.05) is 26.4 Å². The Balaban J connectivity index is 1.30. The van der Waals surface area contributed by atoms with Gasteiger partial charge in [0.25, 0.3) is 0 Å². The maximum atomic E-state index is 12.7. The number of terminal acetylenes is 1. The minimum Gasteiger partial charge on any atom is -0.494 e. The van der Waals surface area contributed by atoms with E-state index >= 15 is 0 Å². The van der Waals surface area contributed by atoms with Crippen molar-refractivity contribution < 1.29 is 48.1 Å². The first-order valence-corrected chi connectivity index (χ1v) is 16.1. The van der Waals surface area contributed by atoms with Crippen LogP contribution in [0.1, 0.15) is 72.9 Å². The van der Waals surface area contributed by atoms with Crippen molar-refractivity contribution in [1.82, 2.24) is 0 Å². The van der Waals surface area contributed by atoms with Gasteiger partial charge in [0.1, 0.15) is 23.9 Å². The van der Waals surface area contributed by atoms with E-state index in [1.807, 2.05) is 37.3 Å². The highest BCUT2D eigenvalue weighted by molar-refractivity contribution is 5.91. The molecule has 48 heavy (non-hydrogen) atoms. The molecule has 0 bridgehead atoms. The Labute approximate surface area is 282 Å². The molecule has 0 radical (unpaired) electrons. The fourth-order valence-electron chi connectivity index (χ4n) is 4.34. The van der Waals surface area contributed by atoms with Gasteiger partial charge in [0, 0.05) is 6.08 Å². The predicted molar refractivity (Wildman–Crippen MR) is 179 cm³/mol. The molecule has 0 amide bonds. The molecule has 3 aromatic carbocycles. The summed E-state index contributed by atoms with van der Waals surface area (Å²) in [5.74, 6) is 1.50. The minimum atomic E-state index is -0.479. The van der Waals surface area contributed by atoms with E-state index in [2.05, 4.69) is 11.5 Å². The van der Waals surface area contributed by atoms with E-state index in [-0.39, 0.29) is 6.61 Å². The molecular weight excluding hydrogens is 616 g/mol. The summed E-state index contributed by atoms with van der Waals surface area (Å²) >= 11 is 0. The number of ether oxygens (including phenoxy) is 4. The average Bonchev–Trinajstić information content (AvgIpc) is 3.10. The number of carbonyl (C=O) groups is 2. The zero-order valence-electron chi connectivity index (χ0n) is 27.5. The van der Waals surface area contributed by atoms with Crippen LogP contribution in [0, 0.1) is 19.5 Å². The smallest absolute Gasteiger partial charge is 0.343 e. The molecular formula is C38H44O10. The minimum absolute atomic E-state index is 0.247. The number of unbranched alkanes of at least 4 members (excludes halogenated alkanes) is 6. The Morgan fingerprint density at radius 2 is 1.31 bits per heavy atom. The molecule has 0 aromatic heterocycles. The van der Waals surface area contributed by atoms with Gasteiger partial charge in [0.15, 0.2) is 11.9 Å². The molecule has 0 heterocycles. The van der Waals surface area contributed by atoms with Gasteiger partial charge in [-0.2, -0.15) is 9.78 Å². The Bertz CT molecular complexity index is 1430. The first-order valence-electron chi connectivity index (χ1n) is 16.1. The maximum absolute atomic E-state index is 12.7. The highest BCUT2D eigenvalue weighted by atomic mass is 17.2.